The fourth-order valence-electron chi connectivity index (χ4n) is 1.81. The van der Waals surface area contributed by atoms with Crippen molar-refractivity contribution in [2.24, 2.45) is 0 Å². The van der Waals surface area contributed by atoms with E-state index in [9.17, 15) is 4.39 Å². The first kappa shape index (κ1) is 12.9. The summed E-state index contributed by atoms with van der Waals surface area (Å²) < 4.78 is 18.1. The minimum absolute atomic E-state index is 0.222. The lowest BCUT2D eigenvalue weighted by molar-refractivity contribution is 0.397. The molecule has 20 heavy (non-hydrogen) atoms. The van der Waals surface area contributed by atoms with Crippen LogP contribution in [0.3, 0.4) is 0 Å². The van der Waals surface area contributed by atoms with Crippen LogP contribution in [0.4, 0.5) is 4.39 Å². The molecule has 3 aromatic rings. The first-order valence-corrected chi connectivity index (χ1v) is 7.19. The topological polar surface area (TPSA) is 26.0 Å². The number of benzene rings is 2. The van der Waals surface area contributed by atoms with Gasteiger partial charge in [-0.3, -0.25) is 0 Å². The van der Waals surface area contributed by atoms with Crippen molar-refractivity contribution in [1.82, 2.24) is 5.16 Å². The van der Waals surface area contributed by atoms with Gasteiger partial charge >= 0.3 is 0 Å². The van der Waals surface area contributed by atoms with E-state index in [0.717, 1.165) is 21.9 Å². The lowest BCUT2D eigenvalue weighted by Gasteiger charge is -1.97. The molecule has 100 valence electrons. The molecule has 0 aliphatic carbocycles. The third-order valence-electron chi connectivity index (χ3n) is 2.82. The molecular weight excluding hydrogens is 273 g/mol. The third kappa shape index (κ3) is 3.08. The predicted molar refractivity (Wildman–Crippen MR) is 77.9 cm³/mol. The highest BCUT2D eigenvalue weighted by atomic mass is 32.2. The maximum atomic E-state index is 12.8. The minimum Gasteiger partial charge on any atom is -0.360 e. The molecule has 0 spiro atoms. The zero-order valence-corrected chi connectivity index (χ0v) is 11.4. The van der Waals surface area contributed by atoms with Crippen molar-refractivity contribution in [3.05, 3.63) is 72.2 Å². The summed E-state index contributed by atoms with van der Waals surface area (Å²) in [7, 11) is 0. The van der Waals surface area contributed by atoms with Gasteiger partial charge in [-0.25, -0.2) is 4.39 Å². The molecule has 0 radical (unpaired) electrons. The molecule has 0 aliphatic rings. The number of rotatable bonds is 4. The van der Waals surface area contributed by atoms with E-state index in [1.54, 1.807) is 23.9 Å². The Labute approximate surface area is 120 Å². The molecule has 2 aromatic carbocycles. The molecule has 0 amide bonds. The van der Waals surface area contributed by atoms with Gasteiger partial charge in [0.2, 0.25) is 0 Å². The maximum absolute atomic E-state index is 12.8. The molecule has 0 bridgehead atoms. The van der Waals surface area contributed by atoms with Gasteiger partial charge in [-0.05, 0) is 24.3 Å². The Bertz CT molecular complexity index is 679. The number of nitrogens with zero attached hydrogens (tertiary/aromatic N) is 1. The van der Waals surface area contributed by atoms with Crippen molar-refractivity contribution in [2.75, 3.05) is 0 Å². The summed E-state index contributed by atoms with van der Waals surface area (Å²) in [6, 6.07) is 18.3. The summed E-state index contributed by atoms with van der Waals surface area (Å²) in [5.74, 6) is 1.25. The number of hydrogen-bond donors (Lipinski definition) is 0. The Hall–Kier alpha value is -2.07. The normalized spacial score (nSPS) is 10.7. The number of thioether (sulfide) groups is 1. The molecule has 0 saturated heterocycles. The average molecular weight is 285 g/mol. The standard InChI is InChI=1S/C16H12FNOS/c17-13-6-8-15(9-7-13)20-11-14-10-16(18-19-14)12-4-2-1-3-5-12/h1-10H,11H2. The molecule has 0 aliphatic heterocycles. The van der Waals surface area contributed by atoms with Crippen LogP contribution in [0.1, 0.15) is 5.76 Å². The van der Waals surface area contributed by atoms with Gasteiger partial charge in [0.05, 0.1) is 5.75 Å². The second-order valence-corrected chi connectivity index (χ2v) is 5.34. The molecule has 2 nitrogen and oxygen atoms in total. The summed E-state index contributed by atoms with van der Waals surface area (Å²) in [5, 5.41) is 4.06. The Balaban J connectivity index is 1.67. The zero-order valence-electron chi connectivity index (χ0n) is 10.6. The van der Waals surface area contributed by atoms with Gasteiger partial charge in [0, 0.05) is 16.5 Å². The first-order chi connectivity index (χ1) is 9.81. The highest BCUT2D eigenvalue weighted by Gasteiger charge is 2.06. The van der Waals surface area contributed by atoms with E-state index >= 15 is 0 Å². The molecule has 0 fully saturated rings. The predicted octanol–water partition coefficient (Wildman–Crippen LogP) is 4.77. The van der Waals surface area contributed by atoms with E-state index in [1.807, 2.05) is 36.4 Å². The van der Waals surface area contributed by atoms with Crippen molar-refractivity contribution in [2.45, 2.75) is 10.6 Å². The Morgan fingerprint density at radius 2 is 1.75 bits per heavy atom. The van der Waals surface area contributed by atoms with Crippen LogP contribution in [-0.4, -0.2) is 5.16 Å². The molecular formula is C16H12FNOS. The number of aromatic nitrogens is 1. The Kier molecular flexibility index (Phi) is 3.83. The highest BCUT2D eigenvalue weighted by Crippen LogP contribution is 2.25. The smallest absolute Gasteiger partial charge is 0.147 e. The Morgan fingerprint density at radius 3 is 2.50 bits per heavy atom. The molecule has 0 atom stereocenters. The first-order valence-electron chi connectivity index (χ1n) is 6.21. The summed E-state index contributed by atoms with van der Waals surface area (Å²) in [6.45, 7) is 0. The molecule has 3 rings (SSSR count). The second kappa shape index (κ2) is 5.92. The van der Waals surface area contributed by atoms with Crippen molar-refractivity contribution >= 4 is 11.8 Å². The molecule has 0 saturated carbocycles. The third-order valence-corrected chi connectivity index (χ3v) is 3.86. The summed E-state index contributed by atoms with van der Waals surface area (Å²) in [4.78, 5) is 1.00. The summed E-state index contributed by atoms with van der Waals surface area (Å²) in [5.41, 5.74) is 1.87. The van der Waals surface area contributed by atoms with Gasteiger partial charge in [0.1, 0.15) is 17.3 Å². The van der Waals surface area contributed by atoms with E-state index in [2.05, 4.69) is 5.16 Å². The van der Waals surface area contributed by atoms with Gasteiger partial charge in [-0.2, -0.15) is 0 Å². The molecule has 4 heteroatoms. The van der Waals surface area contributed by atoms with Crippen molar-refractivity contribution in [3.63, 3.8) is 0 Å². The van der Waals surface area contributed by atoms with E-state index in [0.29, 0.717) is 5.75 Å². The van der Waals surface area contributed by atoms with E-state index in [-0.39, 0.29) is 5.82 Å². The summed E-state index contributed by atoms with van der Waals surface area (Å²) in [6.07, 6.45) is 0. The molecule has 1 heterocycles. The van der Waals surface area contributed by atoms with Gasteiger partial charge in [0.25, 0.3) is 0 Å². The van der Waals surface area contributed by atoms with Gasteiger partial charge in [-0.1, -0.05) is 35.5 Å². The van der Waals surface area contributed by atoms with Crippen LogP contribution >= 0.6 is 11.8 Å². The van der Waals surface area contributed by atoms with E-state index < -0.39 is 0 Å². The van der Waals surface area contributed by atoms with E-state index in [1.165, 1.54) is 12.1 Å². The summed E-state index contributed by atoms with van der Waals surface area (Å²) >= 11 is 1.59. The van der Waals surface area contributed by atoms with Crippen LogP contribution in [0.5, 0.6) is 0 Å². The Morgan fingerprint density at radius 1 is 1.00 bits per heavy atom. The van der Waals surface area contributed by atoms with Gasteiger partial charge in [-0.15, -0.1) is 11.8 Å². The van der Waals surface area contributed by atoms with Crippen LogP contribution in [-0.2, 0) is 5.75 Å². The van der Waals surface area contributed by atoms with Crippen LogP contribution in [0.25, 0.3) is 11.3 Å². The van der Waals surface area contributed by atoms with Crippen molar-refractivity contribution in [3.8, 4) is 11.3 Å². The molecule has 1 aromatic heterocycles. The van der Waals surface area contributed by atoms with Crippen molar-refractivity contribution in [1.29, 1.82) is 0 Å². The van der Waals surface area contributed by atoms with E-state index in [4.69, 9.17) is 4.52 Å². The number of halogens is 1. The van der Waals surface area contributed by atoms with Crippen LogP contribution in [0.15, 0.2) is 70.1 Å². The van der Waals surface area contributed by atoms with Crippen molar-refractivity contribution < 1.29 is 8.91 Å². The van der Waals surface area contributed by atoms with Gasteiger partial charge < -0.3 is 4.52 Å². The lowest BCUT2D eigenvalue weighted by atomic mass is 10.1. The second-order valence-electron chi connectivity index (χ2n) is 4.29. The SMILES string of the molecule is Fc1ccc(SCc2cc(-c3ccccc3)no2)cc1. The fourth-order valence-corrected chi connectivity index (χ4v) is 2.58. The number of hydrogen-bond acceptors (Lipinski definition) is 3. The maximum Gasteiger partial charge on any atom is 0.147 e. The van der Waals surface area contributed by atoms with Crippen LogP contribution in [0.2, 0.25) is 0 Å². The van der Waals surface area contributed by atoms with Crippen LogP contribution in [0, 0.1) is 5.82 Å². The lowest BCUT2D eigenvalue weighted by Crippen LogP contribution is -1.77. The fraction of sp³-hybridized carbons (Fsp3) is 0.0625. The molecule has 0 unspecified atom stereocenters. The minimum atomic E-state index is -0.222. The largest absolute Gasteiger partial charge is 0.360 e. The van der Waals surface area contributed by atoms with Crippen LogP contribution < -0.4 is 0 Å². The van der Waals surface area contributed by atoms with Gasteiger partial charge in [0.15, 0.2) is 0 Å². The average Bonchev–Trinajstić information content (AvgIpc) is 2.97. The highest BCUT2D eigenvalue weighted by molar-refractivity contribution is 7.98. The zero-order chi connectivity index (χ0) is 13.8. The monoisotopic (exact) mass is 285 g/mol. The quantitative estimate of drug-likeness (QED) is 0.646. The molecule has 0 N–H and O–H groups in total.